The first kappa shape index (κ1) is 17.8. The smallest absolute Gasteiger partial charge is 0.277 e. The van der Waals surface area contributed by atoms with Crippen LogP contribution in [0, 0.1) is 11.3 Å². The Balaban J connectivity index is 1.75. The van der Waals surface area contributed by atoms with Crippen molar-refractivity contribution in [2.75, 3.05) is 20.3 Å². The molecule has 2 aromatic rings. The summed E-state index contributed by atoms with van der Waals surface area (Å²) >= 11 is 0. The Bertz CT molecular complexity index is 749. The molecule has 2 rings (SSSR count). The lowest BCUT2D eigenvalue weighted by atomic mass is 10.2. The van der Waals surface area contributed by atoms with E-state index >= 15 is 0 Å². The van der Waals surface area contributed by atoms with Crippen molar-refractivity contribution in [1.29, 1.82) is 5.26 Å². The highest BCUT2D eigenvalue weighted by Crippen LogP contribution is 2.16. The van der Waals surface area contributed by atoms with Crippen molar-refractivity contribution in [3.05, 3.63) is 54.1 Å². The predicted molar refractivity (Wildman–Crippen MR) is 91.8 cm³/mol. The number of hydrogen-bond donors (Lipinski definition) is 1. The van der Waals surface area contributed by atoms with Gasteiger partial charge in [0.2, 0.25) is 0 Å². The van der Waals surface area contributed by atoms with Crippen LogP contribution >= 0.6 is 0 Å². The van der Waals surface area contributed by atoms with Crippen LogP contribution < -0.4 is 19.6 Å². The molecule has 0 aromatic heterocycles. The van der Waals surface area contributed by atoms with Crippen LogP contribution in [0.2, 0.25) is 0 Å². The Morgan fingerprint density at radius 2 is 1.68 bits per heavy atom. The van der Waals surface area contributed by atoms with Crippen molar-refractivity contribution in [3.8, 4) is 23.3 Å². The Morgan fingerprint density at radius 3 is 2.32 bits per heavy atom. The largest absolute Gasteiger partial charge is 0.497 e. The minimum absolute atomic E-state index is 0.00229. The van der Waals surface area contributed by atoms with E-state index < -0.39 is 0 Å². The molecule has 1 N–H and O–H groups in total. The van der Waals surface area contributed by atoms with Gasteiger partial charge in [-0.05, 0) is 54.1 Å². The molecule has 0 aliphatic carbocycles. The molecule has 7 nitrogen and oxygen atoms in total. The molecule has 0 atom stereocenters. The number of nitrogens with one attached hydrogen (secondary N) is 1. The van der Waals surface area contributed by atoms with Crippen LogP contribution in [0.5, 0.6) is 17.2 Å². The lowest BCUT2D eigenvalue weighted by Gasteiger charge is -2.06. The number of methoxy groups -OCH3 is 1. The molecule has 25 heavy (non-hydrogen) atoms. The highest BCUT2D eigenvalue weighted by Gasteiger charge is 2.01. The molecule has 0 aliphatic heterocycles. The van der Waals surface area contributed by atoms with Gasteiger partial charge in [0, 0.05) is 0 Å². The third-order valence-corrected chi connectivity index (χ3v) is 3.02. The number of benzene rings is 2. The maximum atomic E-state index is 11.7. The molecule has 0 fully saturated rings. The molecule has 0 bridgehead atoms. The van der Waals surface area contributed by atoms with E-state index in [1.54, 1.807) is 55.6 Å². The zero-order valence-electron chi connectivity index (χ0n) is 13.6. The molecule has 0 radical (unpaired) electrons. The first-order valence-electron chi connectivity index (χ1n) is 7.40. The van der Waals surface area contributed by atoms with E-state index in [0.29, 0.717) is 17.2 Å². The summed E-state index contributed by atoms with van der Waals surface area (Å²) < 4.78 is 15.5. The van der Waals surface area contributed by atoms with Gasteiger partial charge in [0.15, 0.2) is 13.2 Å². The van der Waals surface area contributed by atoms with Crippen LogP contribution in [0.1, 0.15) is 5.56 Å². The lowest BCUT2D eigenvalue weighted by molar-refractivity contribution is -0.123. The maximum Gasteiger partial charge on any atom is 0.277 e. The number of hydrogen-bond acceptors (Lipinski definition) is 6. The summed E-state index contributed by atoms with van der Waals surface area (Å²) in [6.07, 6.45) is 1.50. The van der Waals surface area contributed by atoms with Gasteiger partial charge in [0.05, 0.1) is 13.3 Å². The molecule has 1 amide bonds. The quantitative estimate of drug-likeness (QED) is 0.587. The van der Waals surface area contributed by atoms with E-state index in [1.807, 2.05) is 6.07 Å². The van der Waals surface area contributed by atoms with E-state index in [9.17, 15) is 4.79 Å². The van der Waals surface area contributed by atoms with Crippen LogP contribution in [0.4, 0.5) is 0 Å². The highest BCUT2D eigenvalue weighted by atomic mass is 16.5. The summed E-state index contributed by atoms with van der Waals surface area (Å²) in [6, 6.07) is 15.8. The summed E-state index contributed by atoms with van der Waals surface area (Å²) in [6.45, 7) is -0.151. The van der Waals surface area contributed by atoms with Gasteiger partial charge in [-0.3, -0.25) is 4.79 Å². The molecular formula is C18H17N3O4. The second kappa shape index (κ2) is 9.57. The number of amides is 1. The van der Waals surface area contributed by atoms with Crippen molar-refractivity contribution in [1.82, 2.24) is 5.43 Å². The second-order valence-electron chi connectivity index (χ2n) is 4.77. The summed E-state index contributed by atoms with van der Waals surface area (Å²) in [5.41, 5.74) is 3.16. The Kier molecular flexibility index (Phi) is 6.82. The third kappa shape index (κ3) is 6.23. The first-order chi connectivity index (χ1) is 12.2. The number of ether oxygens (including phenoxy) is 3. The first-order valence-corrected chi connectivity index (χ1v) is 7.40. The van der Waals surface area contributed by atoms with Crippen molar-refractivity contribution in [2.24, 2.45) is 5.10 Å². The van der Waals surface area contributed by atoms with E-state index in [0.717, 1.165) is 5.56 Å². The normalized spacial score (nSPS) is 10.1. The van der Waals surface area contributed by atoms with Gasteiger partial charge in [-0.15, -0.1) is 0 Å². The minimum atomic E-state index is -0.374. The molecule has 0 heterocycles. The molecule has 7 heteroatoms. The van der Waals surface area contributed by atoms with Gasteiger partial charge in [0.25, 0.3) is 5.91 Å². The zero-order chi connectivity index (χ0) is 17.9. The number of hydrazone groups is 1. The molecule has 0 unspecified atom stereocenters. The minimum Gasteiger partial charge on any atom is -0.497 e. The van der Waals surface area contributed by atoms with E-state index in [1.165, 1.54) is 6.21 Å². The van der Waals surface area contributed by atoms with Crippen LogP contribution in [-0.4, -0.2) is 32.4 Å². The summed E-state index contributed by atoms with van der Waals surface area (Å²) in [5.74, 6) is 1.50. The maximum absolute atomic E-state index is 11.7. The van der Waals surface area contributed by atoms with Crippen molar-refractivity contribution in [3.63, 3.8) is 0 Å². The molecule has 2 aromatic carbocycles. The van der Waals surface area contributed by atoms with Crippen LogP contribution in [0.3, 0.4) is 0 Å². The molecule has 0 aliphatic rings. The molecule has 0 saturated carbocycles. The number of carbonyl (C=O) groups is 1. The monoisotopic (exact) mass is 339 g/mol. The summed E-state index contributed by atoms with van der Waals surface area (Å²) in [5, 5.41) is 12.3. The fourth-order valence-corrected chi connectivity index (χ4v) is 1.80. The fraction of sp³-hybridized carbons (Fsp3) is 0.167. The second-order valence-corrected chi connectivity index (χ2v) is 4.77. The van der Waals surface area contributed by atoms with Crippen LogP contribution in [0.15, 0.2) is 53.6 Å². The average Bonchev–Trinajstić information content (AvgIpc) is 2.66. The number of rotatable bonds is 8. The van der Waals surface area contributed by atoms with Crippen LogP contribution in [-0.2, 0) is 4.79 Å². The molecule has 0 spiro atoms. The van der Waals surface area contributed by atoms with Gasteiger partial charge in [-0.2, -0.15) is 10.4 Å². The number of carbonyl (C=O) groups excluding carboxylic acids is 1. The Labute approximate surface area is 145 Å². The SMILES string of the molecule is COc1ccc(OCC(=O)N/N=C/c2ccc(OCC#N)cc2)cc1. The van der Waals surface area contributed by atoms with Gasteiger partial charge >= 0.3 is 0 Å². The van der Waals surface area contributed by atoms with E-state index in [4.69, 9.17) is 19.5 Å². The summed E-state index contributed by atoms with van der Waals surface area (Å²) in [7, 11) is 1.58. The standard InChI is InChI=1S/C18H17N3O4/c1-23-15-6-8-17(9-7-15)25-13-18(22)21-20-12-14-2-4-16(5-3-14)24-11-10-19/h2-9,12H,11,13H2,1H3,(H,21,22)/b20-12+. The van der Waals surface area contributed by atoms with Crippen molar-refractivity contribution < 1.29 is 19.0 Å². The highest BCUT2D eigenvalue weighted by molar-refractivity contribution is 5.83. The van der Waals surface area contributed by atoms with Crippen LogP contribution in [0.25, 0.3) is 0 Å². The lowest BCUT2D eigenvalue weighted by Crippen LogP contribution is -2.24. The Hall–Kier alpha value is -3.53. The topological polar surface area (TPSA) is 92.9 Å². The Morgan fingerprint density at radius 1 is 1.08 bits per heavy atom. The van der Waals surface area contributed by atoms with Gasteiger partial charge in [-0.1, -0.05) is 0 Å². The van der Waals surface area contributed by atoms with Crippen molar-refractivity contribution >= 4 is 12.1 Å². The van der Waals surface area contributed by atoms with Crippen molar-refractivity contribution in [2.45, 2.75) is 0 Å². The van der Waals surface area contributed by atoms with Gasteiger partial charge in [0.1, 0.15) is 23.3 Å². The van der Waals surface area contributed by atoms with E-state index in [-0.39, 0.29) is 19.1 Å². The third-order valence-electron chi connectivity index (χ3n) is 3.02. The zero-order valence-corrected chi connectivity index (χ0v) is 13.6. The van der Waals surface area contributed by atoms with E-state index in [2.05, 4.69) is 10.5 Å². The molecular weight excluding hydrogens is 322 g/mol. The van der Waals surface area contributed by atoms with Gasteiger partial charge in [-0.25, -0.2) is 5.43 Å². The number of nitrogens with zero attached hydrogens (tertiary/aromatic N) is 2. The molecule has 0 saturated heterocycles. The number of nitriles is 1. The molecule has 128 valence electrons. The van der Waals surface area contributed by atoms with Gasteiger partial charge < -0.3 is 14.2 Å². The predicted octanol–water partition coefficient (Wildman–Crippen LogP) is 2.13. The average molecular weight is 339 g/mol. The fourth-order valence-electron chi connectivity index (χ4n) is 1.80. The summed E-state index contributed by atoms with van der Waals surface area (Å²) in [4.78, 5) is 11.7.